The number of rotatable bonds is 8. The topological polar surface area (TPSA) is 79.8 Å². The fraction of sp³-hybridized carbons (Fsp3) is 0.514. The van der Waals surface area contributed by atoms with Crippen LogP contribution in [0.15, 0.2) is 42.5 Å². The maximum Gasteiger partial charge on any atom is 0.406 e. The van der Waals surface area contributed by atoms with Crippen molar-refractivity contribution in [3.05, 3.63) is 53.7 Å². The van der Waals surface area contributed by atoms with Crippen LogP contribution in [0.1, 0.15) is 54.6 Å². The minimum atomic E-state index is -4.40. The number of aromatic nitrogens is 1. The molecule has 3 fully saturated rings. The third-order valence-electron chi connectivity index (χ3n) is 9.76. The lowest BCUT2D eigenvalue weighted by molar-refractivity contribution is -0.140. The van der Waals surface area contributed by atoms with Crippen molar-refractivity contribution in [2.75, 3.05) is 57.6 Å². The number of fused-ring (bicyclic) bond motifs is 1. The zero-order valence-electron chi connectivity index (χ0n) is 26.4. The van der Waals surface area contributed by atoms with E-state index in [-0.39, 0.29) is 18.5 Å². The smallest absolute Gasteiger partial charge is 0.406 e. The highest BCUT2D eigenvalue weighted by Crippen LogP contribution is 2.43. The van der Waals surface area contributed by atoms with Crippen LogP contribution in [0.2, 0.25) is 0 Å². The minimum Gasteiger partial charge on any atom is -0.495 e. The molecule has 6 rings (SSSR count). The van der Waals surface area contributed by atoms with E-state index in [4.69, 9.17) is 9.47 Å². The number of hydrogen-bond donors (Lipinski definition) is 3. The summed E-state index contributed by atoms with van der Waals surface area (Å²) in [6.45, 7) is 3.18. The molecule has 11 heteroatoms. The number of amides is 1. The Bertz CT molecular complexity index is 1600. The molecule has 46 heavy (non-hydrogen) atoms. The van der Waals surface area contributed by atoms with Gasteiger partial charge >= 0.3 is 6.18 Å². The van der Waals surface area contributed by atoms with Gasteiger partial charge in [0.2, 0.25) is 0 Å². The summed E-state index contributed by atoms with van der Waals surface area (Å²) in [5.74, 6) is 6.16. The van der Waals surface area contributed by atoms with Gasteiger partial charge < -0.3 is 30.0 Å². The van der Waals surface area contributed by atoms with Crippen LogP contribution in [0.25, 0.3) is 10.9 Å². The molecule has 3 heterocycles. The first-order valence-corrected chi connectivity index (χ1v) is 16.1. The van der Waals surface area contributed by atoms with E-state index in [1.807, 2.05) is 12.1 Å². The predicted octanol–water partition coefficient (Wildman–Crippen LogP) is 5.87. The first-order chi connectivity index (χ1) is 22.2. The van der Waals surface area contributed by atoms with Crippen LogP contribution in [0.3, 0.4) is 0 Å². The van der Waals surface area contributed by atoms with E-state index in [2.05, 4.69) is 32.7 Å². The van der Waals surface area contributed by atoms with Crippen molar-refractivity contribution in [2.45, 2.75) is 63.3 Å². The third-order valence-corrected chi connectivity index (χ3v) is 9.76. The number of halogens is 3. The number of carbonyl (C=O) groups excluding carboxylic acids is 1. The Hall–Kier alpha value is -3.88. The van der Waals surface area contributed by atoms with E-state index < -0.39 is 12.7 Å². The van der Waals surface area contributed by atoms with Crippen LogP contribution < -0.4 is 20.7 Å². The molecule has 3 N–H and O–H groups in total. The van der Waals surface area contributed by atoms with Crippen LogP contribution in [0, 0.1) is 17.3 Å². The van der Waals surface area contributed by atoms with Crippen molar-refractivity contribution in [2.24, 2.45) is 5.41 Å². The van der Waals surface area contributed by atoms with Crippen molar-refractivity contribution < 1.29 is 27.4 Å². The van der Waals surface area contributed by atoms with Gasteiger partial charge in [-0.25, -0.2) is 0 Å². The molecule has 8 nitrogen and oxygen atoms in total. The van der Waals surface area contributed by atoms with E-state index in [9.17, 15) is 18.0 Å². The summed E-state index contributed by atoms with van der Waals surface area (Å²) >= 11 is 0. The molecule has 2 aliphatic heterocycles. The zero-order chi connectivity index (χ0) is 32.3. The summed E-state index contributed by atoms with van der Waals surface area (Å²) in [6.07, 6.45) is 2.25. The minimum absolute atomic E-state index is 0.170. The average molecular weight is 638 g/mol. The quantitative estimate of drug-likeness (QED) is 0.268. The molecule has 0 unspecified atom stereocenters. The number of ether oxygens (including phenoxy) is 2. The third kappa shape index (κ3) is 7.08. The molecule has 2 saturated heterocycles. The van der Waals surface area contributed by atoms with E-state index >= 15 is 0 Å². The highest BCUT2D eigenvalue weighted by Gasteiger charge is 2.46. The second kappa shape index (κ2) is 13.5. The number of likely N-dealkylation sites (tertiary alicyclic amines) is 1. The van der Waals surface area contributed by atoms with E-state index in [0.717, 1.165) is 50.0 Å². The maximum absolute atomic E-state index is 13.7. The van der Waals surface area contributed by atoms with Gasteiger partial charge in [0.1, 0.15) is 12.3 Å². The molecule has 3 aromatic rings. The highest BCUT2D eigenvalue weighted by molar-refractivity contribution is 5.95. The van der Waals surface area contributed by atoms with Crippen molar-refractivity contribution >= 4 is 28.2 Å². The lowest BCUT2D eigenvalue weighted by Gasteiger charge is -2.56. The summed E-state index contributed by atoms with van der Waals surface area (Å²) < 4.78 is 53.4. The Labute approximate surface area is 268 Å². The Morgan fingerprint density at radius 2 is 1.83 bits per heavy atom. The molecule has 1 aromatic heterocycles. The Morgan fingerprint density at radius 1 is 1.07 bits per heavy atom. The number of nitrogens with zero attached hydrogens (tertiary/aromatic N) is 2. The van der Waals surface area contributed by atoms with Gasteiger partial charge in [0.15, 0.2) is 0 Å². The first-order valence-electron chi connectivity index (χ1n) is 16.1. The molecule has 3 aliphatic rings. The van der Waals surface area contributed by atoms with E-state index in [1.54, 1.807) is 37.4 Å². The van der Waals surface area contributed by atoms with Crippen molar-refractivity contribution in [3.63, 3.8) is 0 Å². The van der Waals surface area contributed by atoms with Gasteiger partial charge in [0.05, 0.1) is 30.6 Å². The lowest BCUT2D eigenvalue weighted by atomic mass is 9.71. The second-order valence-corrected chi connectivity index (χ2v) is 12.8. The van der Waals surface area contributed by atoms with E-state index in [1.165, 1.54) is 37.6 Å². The number of methoxy groups -OCH3 is 1. The highest BCUT2D eigenvalue weighted by atomic mass is 19.4. The number of hydrogen-bond acceptors (Lipinski definition) is 6. The summed E-state index contributed by atoms with van der Waals surface area (Å²) in [5, 5.41) is 10.1. The summed E-state index contributed by atoms with van der Waals surface area (Å²) in [5.41, 5.74) is 3.18. The zero-order valence-corrected chi connectivity index (χ0v) is 26.4. The summed E-state index contributed by atoms with van der Waals surface area (Å²) in [7, 11) is 3.05. The standard InChI is InChI=1S/C35H42F3N5O3/c1-39-33(44)24-8-13-30(32(19-24)45-2)40-16-4-5-27-20-28-29(6-3-7-31(28)43(27)23-35(36,37)38)41-25-9-11-26(12-10-25)42-21-34(22-42)14-17-46-18-15-34/h3,6-8,13,19-20,25-26,40-41H,9-12,14-18,21-23H2,1-2H3,(H,39,44)/t25-,26+. The van der Waals surface area contributed by atoms with Gasteiger partial charge in [-0.3, -0.25) is 9.69 Å². The fourth-order valence-electron chi connectivity index (χ4n) is 7.26. The molecular formula is C35H42F3N5O3. The molecular weight excluding hydrogens is 595 g/mol. The number of benzene rings is 2. The summed E-state index contributed by atoms with van der Waals surface area (Å²) in [4.78, 5) is 14.6. The van der Waals surface area contributed by atoms with Gasteiger partial charge in [-0.05, 0) is 80.8 Å². The number of nitrogens with one attached hydrogen (secondary N) is 3. The molecule has 246 valence electrons. The maximum atomic E-state index is 13.7. The monoisotopic (exact) mass is 637 g/mol. The lowest BCUT2D eigenvalue weighted by Crippen LogP contribution is -2.62. The van der Waals surface area contributed by atoms with Crippen LogP contribution in [0.4, 0.5) is 24.5 Å². The molecule has 0 atom stereocenters. The van der Waals surface area contributed by atoms with Gasteiger partial charge in [0, 0.05) is 67.5 Å². The fourth-order valence-corrected chi connectivity index (χ4v) is 7.26. The Balaban J connectivity index is 1.13. The molecule has 1 saturated carbocycles. The van der Waals surface area contributed by atoms with Crippen molar-refractivity contribution in [3.8, 4) is 17.6 Å². The summed E-state index contributed by atoms with van der Waals surface area (Å²) in [6, 6.07) is 13.1. The Kier molecular flexibility index (Phi) is 9.39. The van der Waals surface area contributed by atoms with Crippen molar-refractivity contribution in [1.82, 2.24) is 14.8 Å². The van der Waals surface area contributed by atoms with Crippen LogP contribution >= 0.6 is 0 Å². The van der Waals surface area contributed by atoms with Gasteiger partial charge in [-0.15, -0.1) is 0 Å². The van der Waals surface area contributed by atoms with E-state index in [0.29, 0.717) is 39.7 Å². The molecule has 1 spiro atoms. The molecule has 0 bridgehead atoms. The molecule has 1 amide bonds. The average Bonchev–Trinajstić information content (AvgIpc) is 3.38. The largest absolute Gasteiger partial charge is 0.495 e. The van der Waals surface area contributed by atoms with Gasteiger partial charge in [-0.1, -0.05) is 12.0 Å². The van der Waals surface area contributed by atoms with Gasteiger partial charge in [-0.2, -0.15) is 13.2 Å². The van der Waals surface area contributed by atoms with Crippen LogP contribution in [-0.2, 0) is 11.3 Å². The van der Waals surface area contributed by atoms with Crippen LogP contribution in [0.5, 0.6) is 5.75 Å². The van der Waals surface area contributed by atoms with Crippen LogP contribution in [-0.4, -0.2) is 80.6 Å². The second-order valence-electron chi connectivity index (χ2n) is 12.8. The first kappa shape index (κ1) is 32.1. The van der Waals surface area contributed by atoms with Gasteiger partial charge in [0.25, 0.3) is 5.91 Å². The number of anilines is 2. The number of alkyl halides is 3. The normalized spacial score (nSPS) is 21.2. The number of carbonyl (C=O) groups is 1. The SMILES string of the molecule is CNC(=O)c1ccc(NCC#Cc2cc3c(N[C@H]4CC[C@@H](N5CC6(CCOCC6)C5)CC4)cccc3n2CC(F)(F)F)c(OC)c1. The van der Waals surface area contributed by atoms with Crippen molar-refractivity contribution in [1.29, 1.82) is 0 Å². The molecule has 2 aromatic carbocycles. The predicted molar refractivity (Wildman–Crippen MR) is 173 cm³/mol. The molecule has 1 aliphatic carbocycles. The molecule has 0 radical (unpaired) electrons. The Morgan fingerprint density at radius 3 is 2.52 bits per heavy atom.